The first kappa shape index (κ1) is 21.2. The van der Waals surface area contributed by atoms with E-state index in [1.54, 1.807) is 65.1 Å². The number of ether oxygens (including phenoxy) is 1. The number of thioether (sulfide) groups is 1. The van der Waals surface area contributed by atoms with Gasteiger partial charge < -0.3 is 19.9 Å². The minimum Gasteiger partial charge on any atom is -0.497 e. The van der Waals surface area contributed by atoms with Gasteiger partial charge in [0.15, 0.2) is 0 Å². The number of carbonyl (C=O) groups is 3. The molecule has 1 N–H and O–H groups in total. The molecule has 31 heavy (non-hydrogen) atoms. The molecule has 2 aromatic rings. The molecule has 0 bridgehead atoms. The number of rotatable bonds is 5. The van der Waals surface area contributed by atoms with E-state index in [-0.39, 0.29) is 17.7 Å². The minimum atomic E-state index is -0.539. The van der Waals surface area contributed by atoms with Crippen LogP contribution in [0.1, 0.15) is 29.6 Å². The quantitative estimate of drug-likeness (QED) is 0.773. The molecule has 2 aromatic carbocycles. The van der Waals surface area contributed by atoms with Crippen LogP contribution >= 0.6 is 11.8 Å². The van der Waals surface area contributed by atoms with Gasteiger partial charge in [-0.25, -0.2) is 0 Å². The monoisotopic (exact) mass is 439 g/mol. The van der Waals surface area contributed by atoms with E-state index in [9.17, 15) is 14.4 Å². The molecule has 162 valence electrons. The Balaban J connectivity index is 1.43. The maximum Gasteiger partial charge on any atom is 0.255 e. The number of amides is 3. The molecular weight excluding hydrogens is 414 g/mol. The largest absolute Gasteiger partial charge is 0.497 e. The van der Waals surface area contributed by atoms with Crippen LogP contribution in [0.3, 0.4) is 0 Å². The van der Waals surface area contributed by atoms with Gasteiger partial charge in [0.05, 0.1) is 13.0 Å². The van der Waals surface area contributed by atoms with Crippen molar-refractivity contribution >= 4 is 40.9 Å². The summed E-state index contributed by atoms with van der Waals surface area (Å²) in [6.45, 7) is 0.711. The molecule has 2 heterocycles. The van der Waals surface area contributed by atoms with Gasteiger partial charge in [-0.15, -0.1) is 11.8 Å². The third kappa shape index (κ3) is 4.69. The zero-order valence-corrected chi connectivity index (χ0v) is 18.2. The molecule has 0 saturated carbocycles. The van der Waals surface area contributed by atoms with Crippen molar-refractivity contribution in [2.45, 2.75) is 25.3 Å². The summed E-state index contributed by atoms with van der Waals surface area (Å²) < 4.78 is 5.13. The van der Waals surface area contributed by atoms with Gasteiger partial charge in [-0.3, -0.25) is 14.4 Å². The van der Waals surface area contributed by atoms with Gasteiger partial charge in [-0.2, -0.15) is 0 Å². The molecular formula is C23H25N3O4S. The molecule has 8 heteroatoms. The van der Waals surface area contributed by atoms with E-state index < -0.39 is 6.04 Å². The lowest BCUT2D eigenvalue weighted by Gasteiger charge is -2.27. The molecule has 0 aliphatic carbocycles. The molecule has 7 nitrogen and oxygen atoms in total. The fraction of sp³-hybridized carbons (Fsp3) is 0.348. The lowest BCUT2D eigenvalue weighted by Crippen LogP contribution is -2.44. The Kier molecular flexibility index (Phi) is 6.46. The Hall–Kier alpha value is -3.00. The van der Waals surface area contributed by atoms with Crippen LogP contribution in [-0.2, 0) is 9.59 Å². The number of anilines is 2. The van der Waals surface area contributed by atoms with Crippen LogP contribution in [-0.4, -0.2) is 53.9 Å². The Labute approximate surface area is 185 Å². The molecule has 1 unspecified atom stereocenters. The predicted octanol–water partition coefficient (Wildman–Crippen LogP) is 3.37. The second-order valence-corrected chi connectivity index (χ2v) is 8.56. The van der Waals surface area contributed by atoms with Gasteiger partial charge in [0.1, 0.15) is 11.8 Å². The van der Waals surface area contributed by atoms with Crippen LogP contribution in [0, 0.1) is 0 Å². The van der Waals surface area contributed by atoms with Crippen molar-refractivity contribution in [1.29, 1.82) is 0 Å². The normalized spacial score (nSPS) is 18.7. The number of carbonyl (C=O) groups excluding carboxylic acids is 3. The van der Waals surface area contributed by atoms with Gasteiger partial charge in [-0.05, 0) is 61.4 Å². The number of nitrogens with one attached hydrogen (secondary N) is 1. The summed E-state index contributed by atoms with van der Waals surface area (Å²) >= 11 is 1.56. The first-order chi connectivity index (χ1) is 15.1. The Bertz CT molecular complexity index is 962. The summed E-state index contributed by atoms with van der Waals surface area (Å²) in [4.78, 5) is 41.4. The van der Waals surface area contributed by atoms with Crippen molar-refractivity contribution < 1.29 is 19.1 Å². The number of nitrogens with zero attached hydrogens (tertiary/aromatic N) is 2. The fourth-order valence-electron chi connectivity index (χ4n) is 3.79. The molecule has 0 aromatic heterocycles. The van der Waals surface area contributed by atoms with Gasteiger partial charge >= 0.3 is 0 Å². The maximum absolute atomic E-state index is 13.1. The van der Waals surface area contributed by atoms with Gasteiger partial charge in [0.2, 0.25) is 11.8 Å². The highest BCUT2D eigenvalue weighted by Gasteiger charge is 2.35. The van der Waals surface area contributed by atoms with Crippen LogP contribution < -0.4 is 15.0 Å². The highest BCUT2D eigenvalue weighted by atomic mass is 32.2. The zero-order chi connectivity index (χ0) is 21.8. The zero-order valence-electron chi connectivity index (χ0n) is 17.4. The predicted molar refractivity (Wildman–Crippen MR) is 122 cm³/mol. The van der Waals surface area contributed by atoms with E-state index in [0.717, 1.165) is 18.5 Å². The smallest absolute Gasteiger partial charge is 0.255 e. The molecule has 0 radical (unpaired) electrons. The molecule has 4 rings (SSSR count). The summed E-state index contributed by atoms with van der Waals surface area (Å²) in [5.41, 5.74) is 1.98. The van der Waals surface area contributed by atoms with Crippen LogP contribution in [0.15, 0.2) is 48.5 Å². The Morgan fingerprint density at radius 1 is 1.06 bits per heavy atom. The standard InChI is InChI=1S/C23H25N3O4S/c1-30-19-11-7-17(8-12-19)24-22(28)20-14-31-15-26(20)23(29)16-5-9-18(10-6-16)25-13-3-2-4-21(25)27/h5-12,20H,2-4,13-15H2,1H3,(H,24,28). The van der Waals surface area contributed by atoms with Gasteiger partial charge in [-0.1, -0.05) is 0 Å². The van der Waals surface area contributed by atoms with E-state index in [0.29, 0.717) is 41.6 Å². The van der Waals surface area contributed by atoms with Gasteiger partial charge in [0, 0.05) is 35.7 Å². The van der Waals surface area contributed by atoms with Crippen LogP contribution in [0.4, 0.5) is 11.4 Å². The number of methoxy groups -OCH3 is 1. The average Bonchev–Trinajstić information content (AvgIpc) is 3.30. The molecule has 1 atom stereocenters. The first-order valence-corrected chi connectivity index (χ1v) is 11.5. The first-order valence-electron chi connectivity index (χ1n) is 10.3. The van der Waals surface area contributed by atoms with Crippen LogP contribution in [0.5, 0.6) is 5.75 Å². The van der Waals surface area contributed by atoms with Crippen molar-refractivity contribution in [2.24, 2.45) is 0 Å². The van der Waals surface area contributed by atoms with Gasteiger partial charge in [0.25, 0.3) is 5.91 Å². The molecule has 2 saturated heterocycles. The minimum absolute atomic E-state index is 0.122. The average molecular weight is 440 g/mol. The fourth-order valence-corrected chi connectivity index (χ4v) is 4.94. The van der Waals surface area contributed by atoms with E-state index >= 15 is 0 Å². The van der Waals surface area contributed by atoms with E-state index in [2.05, 4.69) is 5.32 Å². The highest BCUT2D eigenvalue weighted by Crippen LogP contribution is 2.26. The van der Waals surface area contributed by atoms with Crippen molar-refractivity contribution in [3.05, 3.63) is 54.1 Å². The lowest BCUT2D eigenvalue weighted by molar-refractivity contribution is -0.120. The third-order valence-electron chi connectivity index (χ3n) is 5.55. The Morgan fingerprint density at radius 3 is 2.48 bits per heavy atom. The molecule has 0 spiro atoms. The number of hydrogen-bond acceptors (Lipinski definition) is 5. The molecule has 2 aliphatic rings. The third-order valence-corrected chi connectivity index (χ3v) is 6.56. The molecule has 2 aliphatic heterocycles. The van der Waals surface area contributed by atoms with E-state index in [4.69, 9.17) is 4.74 Å². The topological polar surface area (TPSA) is 79.0 Å². The summed E-state index contributed by atoms with van der Waals surface area (Å²) in [6, 6.07) is 13.6. The molecule has 2 fully saturated rings. The lowest BCUT2D eigenvalue weighted by atomic mass is 10.1. The maximum atomic E-state index is 13.1. The molecule has 3 amide bonds. The summed E-state index contributed by atoms with van der Waals surface area (Å²) in [6.07, 6.45) is 2.48. The number of piperidine rings is 1. The van der Waals surface area contributed by atoms with Crippen molar-refractivity contribution in [3.63, 3.8) is 0 Å². The summed E-state index contributed by atoms with van der Waals surface area (Å²) in [7, 11) is 1.59. The summed E-state index contributed by atoms with van der Waals surface area (Å²) in [5, 5.41) is 2.88. The summed E-state index contributed by atoms with van der Waals surface area (Å²) in [5.74, 6) is 1.45. The van der Waals surface area contributed by atoms with Crippen molar-refractivity contribution in [1.82, 2.24) is 4.90 Å². The van der Waals surface area contributed by atoms with E-state index in [1.165, 1.54) is 0 Å². The number of hydrogen-bond donors (Lipinski definition) is 1. The number of benzene rings is 2. The second kappa shape index (κ2) is 9.43. The SMILES string of the molecule is COc1ccc(NC(=O)C2CSCN2C(=O)c2ccc(N3CCCCC3=O)cc2)cc1. The van der Waals surface area contributed by atoms with Crippen LogP contribution in [0.2, 0.25) is 0 Å². The van der Waals surface area contributed by atoms with Crippen molar-refractivity contribution in [2.75, 3.05) is 35.5 Å². The van der Waals surface area contributed by atoms with E-state index in [1.807, 2.05) is 12.1 Å². The highest BCUT2D eigenvalue weighted by molar-refractivity contribution is 7.99. The van der Waals surface area contributed by atoms with Crippen LogP contribution in [0.25, 0.3) is 0 Å². The second-order valence-electron chi connectivity index (χ2n) is 7.56. The van der Waals surface area contributed by atoms with Crippen molar-refractivity contribution in [3.8, 4) is 5.75 Å². The Morgan fingerprint density at radius 2 is 1.81 bits per heavy atom.